The molecule has 4 rings (SSSR count). The molecule has 4 nitrogen and oxygen atoms in total. The Hall–Kier alpha value is -1.55. The average Bonchev–Trinajstić information content (AvgIpc) is 2.89. The lowest BCUT2D eigenvalue weighted by molar-refractivity contribution is -0.139. The topological polar surface area (TPSA) is 52.6 Å². The van der Waals surface area contributed by atoms with Crippen LogP contribution in [0.2, 0.25) is 0 Å². The Morgan fingerprint density at radius 1 is 1.27 bits per heavy atom. The van der Waals surface area contributed by atoms with Crippen molar-refractivity contribution in [2.24, 2.45) is 17.8 Å². The number of fused-ring (bicyclic) bond motifs is 4. The van der Waals surface area contributed by atoms with Gasteiger partial charge in [-0.2, -0.15) is 0 Å². The van der Waals surface area contributed by atoms with Crippen molar-refractivity contribution >= 4 is 5.91 Å². The summed E-state index contributed by atoms with van der Waals surface area (Å²) in [5.74, 6) is 1.94. The van der Waals surface area contributed by atoms with E-state index in [0.29, 0.717) is 24.3 Å². The highest BCUT2D eigenvalue weighted by Gasteiger charge is 2.38. The molecule has 120 valence electrons. The van der Waals surface area contributed by atoms with E-state index >= 15 is 0 Å². The Bertz CT molecular complexity index is 510. The number of phenolic OH excluding ortho intramolecular Hbond substituents is 1. The predicted octanol–water partition coefficient (Wildman–Crippen LogP) is 2.38. The third-order valence-electron chi connectivity index (χ3n) is 5.26. The minimum atomic E-state index is 0.186. The molecule has 3 aliphatic rings. The summed E-state index contributed by atoms with van der Waals surface area (Å²) in [6, 6.07) is 7.16. The first-order chi connectivity index (χ1) is 10.7. The van der Waals surface area contributed by atoms with Crippen LogP contribution in [0.5, 0.6) is 5.75 Å². The Morgan fingerprint density at radius 3 is 2.77 bits per heavy atom. The molecule has 1 aromatic carbocycles. The van der Waals surface area contributed by atoms with Crippen LogP contribution in [0.15, 0.2) is 24.3 Å². The lowest BCUT2D eigenvalue weighted by Gasteiger charge is -2.34. The molecule has 1 amide bonds. The molecular weight excluding hydrogens is 276 g/mol. The van der Waals surface area contributed by atoms with E-state index < -0.39 is 0 Å². The second-order valence-corrected chi connectivity index (χ2v) is 6.72. The Morgan fingerprint density at radius 2 is 2.05 bits per heavy atom. The molecule has 3 fully saturated rings. The largest absolute Gasteiger partial charge is 0.508 e. The normalized spacial score (nSPS) is 27.4. The minimum absolute atomic E-state index is 0.186. The van der Waals surface area contributed by atoms with Gasteiger partial charge in [0.05, 0.1) is 0 Å². The SMILES string of the molecule is CCN(Cc1ccc(O)cc1)C(=O)C1CC2CCC1CNC2. The van der Waals surface area contributed by atoms with Crippen molar-refractivity contribution < 1.29 is 9.90 Å². The number of aromatic hydroxyl groups is 1. The standard InChI is InChI=1S/C18H26N2O2/c1-2-20(12-13-4-7-16(21)8-5-13)18(22)17-9-14-3-6-15(17)11-19-10-14/h4-5,7-8,14-15,17,19,21H,2-3,6,9-12H2,1H3. The van der Waals surface area contributed by atoms with E-state index in [4.69, 9.17) is 0 Å². The monoisotopic (exact) mass is 302 g/mol. The lowest BCUT2D eigenvalue weighted by Crippen LogP contribution is -2.41. The number of carbonyl (C=O) groups is 1. The van der Waals surface area contributed by atoms with Crippen LogP contribution in [0, 0.1) is 17.8 Å². The van der Waals surface area contributed by atoms with Crippen LogP contribution in [0.25, 0.3) is 0 Å². The highest BCUT2D eigenvalue weighted by Crippen LogP contribution is 2.37. The van der Waals surface area contributed by atoms with Gasteiger partial charge in [0, 0.05) is 19.0 Å². The quantitative estimate of drug-likeness (QED) is 0.898. The fraction of sp³-hybridized carbons (Fsp3) is 0.611. The summed E-state index contributed by atoms with van der Waals surface area (Å²) in [5, 5.41) is 12.9. The second kappa shape index (κ2) is 6.69. The number of nitrogens with one attached hydrogen (secondary N) is 1. The highest BCUT2D eigenvalue weighted by atomic mass is 16.3. The molecule has 2 saturated heterocycles. The smallest absolute Gasteiger partial charge is 0.226 e. The van der Waals surface area contributed by atoms with Crippen molar-refractivity contribution in [3.05, 3.63) is 29.8 Å². The molecule has 2 bridgehead atoms. The van der Waals surface area contributed by atoms with Gasteiger partial charge in [0.2, 0.25) is 5.91 Å². The molecule has 4 heteroatoms. The van der Waals surface area contributed by atoms with Crippen LogP contribution in [-0.2, 0) is 11.3 Å². The average molecular weight is 302 g/mol. The van der Waals surface area contributed by atoms with Crippen molar-refractivity contribution in [2.75, 3.05) is 19.6 Å². The molecule has 3 unspecified atom stereocenters. The number of phenols is 1. The molecule has 22 heavy (non-hydrogen) atoms. The van der Waals surface area contributed by atoms with Gasteiger partial charge < -0.3 is 15.3 Å². The first kappa shape index (κ1) is 15.3. The van der Waals surface area contributed by atoms with E-state index in [1.54, 1.807) is 12.1 Å². The number of rotatable bonds is 4. The van der Waals surface area contributed by atoms with E-state index in [2.05, 4.69) is 5.32 Å². The molecule has 3 atom stereocenters. The first-order valence-electron chi connectivity index (χ1n) is 8.44. The van der Waals surface area contributed by atoms with E-state index in [1.807, 2.05) is 24.0 Å². The summed E-state index contributed by atoms with van der Waals surface area (Å²) in [7, 11) is 0. The number of amides is 1. The van der Waals surface area contributed by atoms with E-state index in [0.717, 1.165) is 31.6 Å². The Labute approximate surface area is 132 Å². The number of nitrogens with zero attached hydrogens (tertiary/aromatic N) is 1. The zero-order valence-corrected chi connectivity index (χ0v) is 13.3. The third kappa shape index (κ3) is 3.27. The van der Waals surface area contributed by atoms with Gasteiger partial charge in [0.1, 0.15) is 5.75 Å². The molecule has 0 radical (unpaired) electrons. The molecule has 2 heterocycles. The zero-order chi connectivity index (χ0) is 15.5. The maximum Gasteiger partial charge on any atom is 0.226 e. The van der Waals surface area contributed by atoms with Gasteiger partial charge in [-0.15, -0.1) is 0 Å². The van der Waals surface area contributed by atoms with Crippen LogP contribution in [0.1, 0.15) is 31.7 Å². The predicted molar refractivity (Wildman–Crippen MR) is 86.4 cm³/mol. The Balaban J connectivity index is 1.69. The highest BCUT2D eigenvalue weighted by molar-refractivity contribution is 5.79. The van der Waals surface area contributed by atoms with Crippen molar-refractivity contribution in [1.82, 2.24) is 10.2 Å². The summed E-state index contributed by atoms with van der Waals surface area (Å²) in [6.45, 7) is 5.48. The number of hydrogen-bond acceptors (Lipinski definition) is 3. The van der Waals surface area contributed by atoms with Gasteiger partial charge in [-0.25, -0.2) is 0 Å². The van der Waals surface area contributed by atoms with E-state index in [-0.39, 0.29) is 11.7 Å². The second-order valence-electron chi connectivity index (χ2n) is 6.72. The van der Waals surface area contributed by atoms with Gasteiger partial charge in [-0.1, -0.05) is 12.1 Å². The maximum atomic E-state index is 13.0. The van der Waals surface area contributed by atoms with Crippen molar-refractivity contribution in [3.63, 3.8) is 0 Å². The molecule has 2 aliphatic heterocycles. The summed E-state index contributed by atoms with van der Waals surface area (Å²) in [6.07, 6.45) is 3.50. The van der Waals surface area contributed by atoms with Crippen molar-refractivity contribution in [2.45, 2.75) is 32.7 Å². The fourth-order valence-corrected chi connectivity index (χ4v) is 3.93. The molecule has 0 spiro atoms. The summed E-state index contributed by atoms with van der Waals surface area (Å²) in [4.78, 5) is 15.0. The molecule has 1 aliphatic carbocycles. The zero-order valence-electron chi connectivity index (χ0n) is 13.3. The number of hydrogen-bond donors (Lipinski definition) is 2. The molecule has 1 saturated carbocycles. The van der Waals surface area contributed by atoms with E-state index in [1.165, 1.54) is 12.8 Å². The molecule has 0 aromatic heterocycles. The summed E-state index contributed by atoms with van der Waals surface area (Å²) >= 11 is 0. The van der Waals surface area contributed by atoms with Crippen molar-refractivity contribution in [3.8, 4) is 5.75 Å². The molecule has 1 aromatic rings. The van der Waals surface area contributed by atoms with Gasteiger partial charge >= 0.3 is 0 Å². The van der Waals surface area contributed by atoms with Crippen LogP contribution in [0.4, 0.5) is 0 Å². The van der Waals surface area contributed by atoms with Gasteiger partial charge in [-0.3, -0.25) is 4.79 Å². The summed E-state index contributed by atoms with van der Waals surface area (Å²) in [5.41, 5.74) is 1.07. The first-order valence-corrected chi connectivity index (χ1v) is 8.44. The van der Waals surface area contributed by atoms with Gasteiger partial charge in [0.15, 0.2) is 0 Å². The minimum Gasteiger partial charge on any atom is -0.508 e. The van der Waals surface area contributed by atoms with Crippen molar-refractivity contribution in [1.29, 1.82) is 0 Å². The molecule has 2 N–H and O–H groups in total. The summed E-state index contributed by atoms with van der Waals surface area (Å²) < 4.78 is 0. The Kier molecular flexibility index (Phi) is 4.67. The number of carbonyl (C=O) groups excluding carboxylic acids is 1. The molecular formula is C18H26N2O2. The maximum absolute atomic E-state index is 13.0. The van der Waals surface area contributed by atoms with Crippen LogP contribution < -0.4 is 5.32 Å². The van der Waals surface area contributed by atoms with E-state index in [9.17, 15) is 9.90 Å². The fourth-order valence-electron chi connectivity index (χ4n) is 3.93. The van der Waals surface area contributed by atoms with Crippen LogP contribution in [0.3, 0.4) is 0 Å². The van der Waals surface area contributed by atoms with Gasteiger partial charge in [-0.05, 0) is 68.8 Å². The third-order valence-corrected chi connectivity index (χ3v) is 5.26. The van der Waals surface area contributed by atoms with Crippen LogP contribution >= 0.6 is 0 Å². The van der Waals surface area contributed by atoms with Gasteiger partial charge in [0.25, 0.3) is 0 Å². The van der Waals surface area contributed by atoms with Crippen LogP contribution in [-0.4, -0.2) is 35.5 Å². The lowest BCUT2D eigenvalue weighted by atomic mass is 9.75. The number of benzene rings is 1.